The molecule has 68 valence electrons. The van der Waals surface area contributed by atoms with Gasteiger partial charge in [-0.25, -0.2) is 4.79 Å². The predicted octanol–water partition coefficient (Wildman–Crippen LogP) is -1.42. The molecule has 0 heterocycles. The van der Waals surface area contributed by atoms with E-state index < -0.39 is 30.4 Å². The molecule has 0 saturated heterocycles. The Balaban J connectivity index is 4.14. The predicted molar refractivity (Wildman–Crippen MR) is 36.4 cm³/mol. The Kier molecular flexibility index (Phi) is 3.54. The highest BCUT2D eigenvalue weighted by molar-refractivity contribution is 5.87. The molecule has 0 aliphatic rings. The first-order valence-electron chi connectivity index (χ1n) is 2.94. The van der Waals surface area contributed by atoms with Crippen LogP contribution in [0.15, 0.2) is 0 Å². The van der Waals surface area contributed by atoms with Crippen LogP contribution in [0.25, 0.3) is 0 Å². The smallest absolute Gasteiger partial charge is 0.405 e. The summed E-state index contributed by atoms with van der Waals surface area (Å²) in [6.07, 6.45) is -2.14. The average molecular weight is 176 g/mol. The van der Waals surface area contributed by atoms with Gasteiger partial charge in [-0.15, -0.1) is 0 Å². The van der Waals surface area contributed by atoms with Crippen molar-refractivity contribution in [2.75, 3.05) is 0 Å². The lowest BCUT2D eigenvalue weighted by atomic mass is 10.2. The number of rotatable bonds is 4. The molecule has 0 saturated carbocycles. The lowest BCUT2D eigenvalue weighted by molar-refractivity contribution is -0.139. The van der Waals surface area contributed by atoms with E-state index in [0.717, 1.165) is 0 Å². The van der Waals surface area contributed by atoms with E-state index in [1.807, 2.05) is 0 Å². The van der Waals surface area contributed by atoms with Gasteiger partial charge in [0.1, 0.15) is 6.04 Å². The number of nitrogens with two attached hydrogens (primary N) is 1. The fourth-order valence-corrected chi connectivity index (χ4v) is 0.546. The molecule has 7 heteroatoms. The zero-order chi connectivity index (χ0) is 9.72. The second-order valence-corrected chi connectivity index (χ2v) is 2.00. The zero-order valence-electron chi connectivity index (χ0n) is 5.98. The molecule has 7 nitrogen and oxygen atoms in total. The highest BCUT2D eigenvalue weighted by Crippen LogP contribution is 1.90. The first-order chi connectivity index (χ1) is 5.43. The van der Waals surface area contributed by atoms with E-state index in [0.29, 0.717) is 0 Å². The minimum atomic E-state index is -1.49. The summed E-state index contributed by atoms with van der Waals surface area (Å²) < 4.78 is 0. The number of amides is 2. The number of hydrogen-bond donors (Lipinski definition) is 4. The van der Waals surface area contributed by atoms with Crippen LogP contribution < -0.4 is 11.1 Å². The van der Waals surface area contributed by atoms with Gasteiger partial charge in [0.15, 0.2) is 0 Å². The lowest BCUT2D eigenvalue weighted by Gasteiger charge is -2.09. The monoisotopic (exact) mass is 176 g/mol. The van der Waals surface area contributed by atoms with Crippen LogP contribution in [-0.2, 0) is 9.59 Å². The molecule has 0 fully saturated rings. The van der Waals surface area contributed by atoms with Gasteiger partial charge in [-0.05, 0) is 0 Å². The van der Waals surface area contributed by atoms with Crippen molar-refractivity contribution >= 4 is 18.0 Å². The Labute approximate surface area is 67.2 Å². The van der Waals surface area contributed by atoms with Crippen LogP contribution in [0.1, 0.15) is 6.42 Å². The maximum atomic E-state index is 10.4. The molecule has 0 rings (SSSR count). The maximum Gasteiger partial charge on any atom is 0.405 e. The van der Waals surface area contributed by atoms with Gasteiger partial charge in [0, 0.05) is 0 Å². The van der Waals surface area contributed by atoms with Gasteiger partial charge in [0.2, 0.25) is 5.91 Å². The van der Waals surface area contributed by atoms with Crippen LogP contribution in [0, 0.1) is 0 Å². The highest BCUT2D eigenvalue weighted by atomic mass is 16.4. The van der Waals surface area contributed by atoms with Crippen LogP contribution in [0.4, 0.5) is 4.79 Å². The summed E-state index contributed by atoms with van der Waals surface area (Å²) in [4.78, 5) is 30.4. The molecule has 5 N–H and O–H groups in total. The topological polar surface area (TPSA) is 130 Å². The Bertz CT molecular complexity index is 198. The van der Waals surface area contributed by atoms with Crippen molar-refractivity contribution in [3.63, 3.8) is 0 Å². The minimum Gasteiger partial charge on any atom is -0.481 e. The molecule has 0 spiro atoms. The van der Waals surface area contributed by atoms with Gasteiger partial charge < -0.3 is 21.3 Å². The summed E-state index contributed by atoms with van der Waals surface area (Å²) >= 11 is 0. The molecule has 0 aromatic heterocycles. The molecule has 12 heavy (non-hydrogen) atoms. The van der Waals surface area contributed by atoms with Crippen LogP contribution in [0.2, 0.25) is 0 Å². The van der Waals surface area contributed by atoms with Gasteiger partial charge in [0.05, 0.1) is 6.42 Å². The Hall–Kier alpha value is -1.79. The third kappa shape index (κ3) is 4.09. The molecule has 0 bridgehead atoms. The first kappa shape index (κ1) is 10.2. The molecule has 0 radical (unpaired) electrons. The van der Waals surface area contributed by atoms with Crippen molar-refractivity contribution in [1.29, 1.82) is 0 Å². The van der Waals surface area contributed by atoms with Crippen LogP contribution in [-0.4, -0.2) is 34.2 Å². The fourth-order valence-electron chi connectivity index (χ4n) is 0.546. The number of hydrogen-bond acceptors (Lipinski definition) is 3. The summed E-state index contributed by atoms with van der Waals surface area (Å²) in [6, 6.07) is -1.38. The standard InChI is InChI=1S/C5H8N2O5/c6-4(10)2(1-3(8)9)7-5(11)12/h2,7H,1H2,(H2,6,10)(H,8,9)(H,11,12)/t2-/m0/s1. The molecule has 0 aliphatic carbocycles. The number of nitrogens with one attached hydrogen (secondary N) is 1. The second-order valence-electron chi connectivity index (χ2n) is 2.00. The van der Waals surface area contributed by atoms with Gasteiger partial charge in [-0.2, -0.15) is 0 Å². The van der Waals surface area contributed by atoms with Crippen LogP contribution in [0.3, 0.4) is 0 Å². The Morgan fingerprint density at radius 2 is 1.83 bits per heavy atom. The van der Waals surface area contributed by atoms with Crippen molar-refractivity contribution in [3.8, 4) is 0 Å². The summed E-state index contributed by atoms with van der Waals surface area (Å²) in [7, 11) is 0. The fraction of sp³-hybridized carbons (Fsp3) is 0.400. The van der Waals surface area contributed by atoms with E-state index in [-0.39, 0.29) is 0 Å². The molecule has 2 amide bonds. The number of carbonyl (C=O) groups is 3. The van der Waals surface area contributed by atoms with E-state index in [4.69, 9.17) is 15.9 Å². The SMILES string of the molecule is NC(=O)[C@H](CC(=O)O)NC(=O)O. The van der Waals surface area contributed by atoms with Crippen molar-refractivity contribution in [1.82, 2.24) is 5.32 Å². The van der Waals surface area contributed by atoms with E-state index in [9.17, 15) is 14.4 Å². The van der Waals surface area contributed by atoms with Crippen molar-refractivity contribution < 1.29 is 24.6 Å². The van der Waals surface area contributed by atoms with E-state index in [1.165, 1.54) is 0 Å². The number of carbonyl (C=O) groups excluding carboxylic acids is 1. The summed E-state index contributed by atoms with van der Waals surface area (Å²) in [5, 5.41) is 18.0. The highest BCUT2D eigenvalue weighted by Gasteiger charge is 2.20. The van der Waals surface area contributed by atoms with Crippen molar-refractivity contribution in [2.45, 2.75) is 12.5 Å². The van der Waals surface area contributed by atoms with Gasteiger partial charge in [0.25, 0.3) is 0 Å². The number of primary amides is 1. The summed E-state index contributed by atoms with van der Waals surface area (Å²) in [6.45, 7) is 0. The molecular formula is C5H8N2O5. The quantitative estimate of drug-likeness (QED) is 0.417. The van der Waals surface area contributed by atoms with E-state index in [1.54, 1.807) is 5.32 Å². The van der Waals surface area contributed by atoms with Crippen molar-refractivity contribution in [3.05, 3.63) is 0 Å². The van der Waals surface area contributed by atoms with Gasteiger partial charge in [-0.1, -0.05) is 0 Å². The Morgan fingerprint density at radius 3 is 2.08 bits per heavy atom. The maximum absolute atomic E-state index is 10.4. The molecular weight excluding hydrogens is 168 g/mol. The normalized spacial score (nSPS) is 11.7. The summed E-state index contributed by atoms with van der Waals surface area (Å²) in [5.74, 6) is -2.31. The minimum absolute atomic E-state index is 0.651. The number of carboxylic acids is 1. The second kappa shape index (κ2) is 4.16. The molecule has 0 unspecified atom stereocenters. The first-order valence-corrected chi connectivity index (χ1v) is 2.94. The molecule has 0 aromatic carbocycles. The van der Waals surface area contributed by atoms with Gasteiger partial charge >= 0.3 is 12.1 Å². The van der Waals surface area contributed by atoms with E-state index in [2.05, 4.69) is 0 Å². The third-order valence-corrected chi connectivity index (χ3v) is 1.02. The van der Waals surface area contributed by atoms with Crippen LogP contribution in [0.5, 0.6) is 0 Å². The van der Waals surface area contributed by atoms with Crippen LogP contribution >= 0.6 is 0 Å². The molecule has 0 aliphatic heterocycles. The van der Waals surface area contributed by atoms with Gasteiger partial charge in [-0.3, -0.25) is 9.59 Å². The molecule has 1 atom stereocenters. The largest absolute Gasteiger partial charge is 0.481 e. The third-order valence-electron chi connectivity index (χ3n) is 1.02. The summed E-state index contributed by atoms with van der Waals surface area (Å²) in [5.41, 5.74) is 4.71. The number of carboxylic acid groups (broad SMARTS) is 2. The average Bonchev–Trinajstić information content (AvgIpc) is 1.83. The Morgan fingerprint density at radius 1 is 1.33 bits per heavy atom. The molecule has 0 aromatic rings. The number of aliphatic carboxylic acids is 1. The lowest BCUT2D eigenvalue weighted by Crippen LogP contribution is -2.45. The zero-order valence-corrected chi connectivity index (χ0v) is 5.98. The van der Waals surface area contributed by atoms with E-state index >= 15 is 0 Å². The van der Waals surface area contributed by atoms with Crippen molar-refractivity contribution in [2.24, 2.45) is 5.73 Å².